The number of carbonyl (C=O) groups is 1. The first-order chi connectivity index (χ1) is 9.11. The molecule has 0 spiro atoms. The molecule has 0 saturated carbocycles. The molecule has 4 nitrogen and oxygen atoms in total. The zero-order valence-electron chi connectivity index (χ0n) is 10.6. The Morgan fingerprint density at radius 3 is 2.68 bits per heavy atom. The topological polar surface area (TPSA) is 51.5 Å². The third-order valence-corrected chi connectivity index (χ3v) is 3.18. The fourth-order valence-corrected chi connectivity index (χ4v) is 2.11. The summed E-state index contributed by atoms with van der Waals surface area (Å²) in [7, 11) is 1.61. The van der Waals surface area contributed by atoms with Gasteiger partial charge in [0, 0.05) is 5.56 Å². The number of rotatable bonds is 4. The first-order valence-electron chi connectivity index (χ1n) is 5.81. The van der Waals surface area contributed by atoms with Crippen molar-refractivity contribution >= 4 is 21.8 Å². The second-order valence-corrected chi connectivity index (χ2v) is 4.82. The van der Waals surface area contributed by atoms with E-state index in [1.54, 1.807) is 19.2 Å². The molecule has 0 fully saturated rings. The van der Waals surface area contributed by atoms with Gasteiger partial charge >= 0.3 is 0 Å². The molecule has 1 atom stereocenters. The Kier molecular flexibility index (Phi) is 4.27. The van der Waals surface area contributed by atoms with Gasteiger partial charge in [-0.05, 0) is 41.1 Å². The third kappa shape index (κ3) is 3.17. The molecule has 1 heterocycles. The van der Waals surface area contributed by atoms with Crippen LogP contribution in [0.5, 0.6) is 5.75 Å². The van der Waals surface area contributed by atoms with Crippen molar-refractivity contribution in [3.05, 3.63) is 52.4 Å². The molecule has 1 N–H and O–H groups in total. The van der Waals surface area contributed by atoms with Crippen LogP contribution >= 0.6 is 15.9 Å². The van der Waals surface area contributed by atoms with Gasteiger partial charge in [0.05, 0.1) is 13.2 Å². The molecule has 5 heteroatoms. The van der Waals surface area contributed by atoms with Crippen LogP contribution in [0.25, 0.3) is 0 Å². The summed E-state index contributed by atoms with van der Waals surface area (Å²) in [5.74, 6) is 0.758. The summed E-state index contributed by atoms with van der Waals surface area (Å²) in [6.07, 6.45) is 0. The lowest BCUT2D eigenvalue weighted by atomic mass is 10.1. The number of halogens is 1. The number of nitrogens with one attached hydrogen (secondary N) is 1. The molecule has 2 rings (SSSR count). The molecule has 2 aromatic rings. The van der Waals surface area contributed by atoms with Crippen LogP contribution in [-0.4, -0.2) is 13.0 Å². The van der Waals surface area contributed by atoms with Gasteiger partial charge in [0.2, 0.25) is 0 Å². The number of amides is 1. The number of carbonyl (C=O) groups excluding carboxylic acids is 1. The van der Waals surface area contributed by atoms with E-state index in [1.807, 2.05) is 31.2 Å². The smallest absolute Gasteiger partial charge is 0.287 e. The van der Waals surface area contributed by atoms with Crippen LogP contribution < -0.4 is 10.1 Å². The van der Waals surface area contributed by atoms with E-state index in [-0.39, 0.29) is 17.7 Å². The average molecular weight is 324 g/mol. The summed E-state index contributed by atoms with van der Waals surface area (Å²) in [5.41, 5.74) is 0.920. The lowest BCUT2D eigenvalue weighted by Crippen LogP contribution is -2.26. The standard InChI is InChI=1S/C14H14BrNO3/c1-9(10-5-3-4-6-11(10)18-2)16-14(17)12-7-8-13(15)19-12/h3-9H,1-2H3,(H,16,17). The molecular weight excluding hydrogens is 310 g/mol. The van der Waals surface area contributed by atoms with Crippen LogP contribution in [0.15, 0.2) is 45.5 Å². The summed E-state index contributed by atoms with van der Waals surface area (Å²) in [6.45, 7) is 1.90. The molecular formula is C14H14BrNO3. The molecule has 0 bridgehead atoms. The maximum atomic E-state index is 12.0. The van der Waals surface area contributed by atoms with Gasteiger partial charge < -0.3 is 14.5 Å². The molecule has 0 saturated heterocycles. The highest BCUT2D eigenvalue weighted by atomic mass is 79.9. The van der Waals surface area contributed by atoms with Crippen molar-refractivity contribution in [2.24, 2.45) is 0 Å². The van der Waals surface area contributed by atoms with Crippen LogP contribution in [0.2, 0.25) is 0 Å². The Bertz CT molecular complexity index is 580. The third-order valence-electron chi connectivity index (χ3n) is 2.75. The molecule has 1 unspecified atom stereocenters. The van der Waals surface area contributed by atoms with E-state index in [1.165, 1.54) is 0 Å². The van der Waals surface area contributed by atoms with Crippen molar-refractivity contribution in [1.82, 2.24) is 5.32 Å². The van der Waals surface area contributed by atoms with Crippen LogP contribution in [0, 0.1) is 0 Å². The van der Waals surface area contributed by atoms with Crippen molar-refractivity contribution < 1.29 is 13.9 Å². The van der Waals surface area contributed by atoms with E-state index in [0.29, 0.717) is 4.67 Å². The number of benzene rings is 1. The van der Waals surface area contributed by atoms with Crippen molar-refractivity contribution in [3.8, 4) is 5.75 Å². The zero-order valence-corrected chi connectivity index (χ0v) is 12.2. The highest BCUT2D eigenvalue weighted by Gasteiger charge is 2.16. The lowest BCUT2D eigenvalue weighted by molar-refractivity contribution is 0.0910. The maximum absolute atomic E-state index is 12.0. The SMILES string of the molecule is COc1ccccc1C(C)NC(=O)c1ccc(Br)o1. The lowest BCUT2D eigenvalue weighted by Gasteiger charge is -2.16. The van der Waals surface area contributed by atoms with Crippen LogP contribution in [0.1, 0.15) is 29.1 Å². The van der Waals surface area contributed by atoms with E-state index in [0.717, 1.165) is 11.3 Å². The Labute approximate surface area is 119 Å². The number of methoxy groups -OCH3 is 1. The molecule has 100 valence electrons. The number of ether oxygens (including phenoxy) is 1. The Hall–Kier alpha value is -1.75. The first-order valence-corrected chi connectivity index (χ1v) is 6.60. The summed E-state index contributed by atoms with van der Waals surface area (Å²) < 4.78 is 11.0. The number of hydrogen-bond acceptors (Lipinski definition) is 3. The van der Waals surface area contributed by atoms with Gasteiger partial charge in [0.15, 0.2) is 10.4 Å². The average Bonchev–Trinajstić information content (AvgIpc) is 2.85. The van der Waals surface area contributed by atoms with Gasteiger partial charge in [-0.15, -0.1) is 0 Å². The largest absolute Gasteiger partial charge is 0.496 e. The summed E-state index contributed by atoms with van der Waals surface area (Å²) in [5, 5.41) is 2.87. The van der Waals surface area contributed by atoms with Gasteiger partial charge in [0.25, 0.3) is 5.91 Å². The minimum Gasteiger partial charge on any atom is -0.496 e. The molecule has 19 heavy (non-hydrogen) atoms. The summed E-state index contributed by atoms with van der Waals surface area (Å²) >= 11 is 3.17. The van der Waals surface area contributed by atoms with Crippen LogP contribution in [0.3, 0.4) is 0 Å². The van der Waals surface area contributed by atoms with Crippen molar-refractivity contribution in [2.45, 2.75) is 13.0 Å². The Morgan fingerprint density at radius 2 is 2.05 bits per heavy atom. The zero-order chi connectivity index (χ0) is 13.8. The second kappa shape index (κ2) is 5.93. The molecule has 0 radical (unpaired) electrons. The molecule has 1 aromatic heterocycles. The first kappa shape index (κ1) is 13.7. The quantitative estimate of drug-likeness (QED) is 0.936. The molecule has 1 aromatic carbocycles. The predicted molar refractivity (Wildman–Crippen MR) is 75.3 cm³/mol. The van der Waals surface area contributed by atoms with Crippen molar-refractivity contribution in [1.29, 1.82) is 0 Å². The van der Waals surface area contributed by atoms with E-state index in [2.05, 4.69) is 21.2 Å². The van der Waals surface area contributed by atoms with Crippen LogP contribution in [0.4, 0.5) is 0 Å². The minimum atomic E-state index is -0.260. The minimum absolute atomic E-state index is 0.174. The molecule has 1 amide bonds. The Morgan fingerprint density at radius 1 is 1.32 bits per heavy atom. The van der Waals surface area contributed by atoms with Crippen molar-refractivity contribution in [2.75, 3.05) is 7.11 Å². The Balaban J connectivity index is 2.12. The maximum Gasteiger partial charge on any atom is 0.287 e. The van der Waals surface area contributed by atoms with Gasteiger partial charge in [-0.2, -0.15) is 0 Å². The second-order valence-electron chi connectivity index (χ2n) is 4.04. The van der Waals surface area contributed by atoms with Gasteiger partial charge in [-0.3, -0.25) is 4.79 Å². The molecule has 0 aliphatic carbocycles. The normalized spacial score (nSPS) is 11.9. The summed E-state index contributed by atoms with van der Waals surface area (Å²) in [4.78, 5) is 12.0. The summed E-state index contributed by atoms with van der Waals surface area (Å²) in [6, 6.07) is 10.7. The van der Waals surface area contributed by atoms with Crippen molar-refractivity contribution in [3.63, 3.8) is 0 Å². The fraction of sp³-hybridized carbons (Fsp3) is 0.214. The van der Waals surface area contributed by atoms with Gasteiger partial charge in [0.1, 0.15) is 5.75 Å². The van der Waals surface area contributed by atoms with Crippen LogP contribution in [-0.2, 0) is 0 Å². The van der Waals surface area contributed by atoms with E-state index < -0.39 is 0 Å². The molecule has 0 aliphatic heterocycles. The number of hydrogen-bond donors (Lipinski definition) is 1. The van der Waals surface area contributed by atoms with Gasteiger partial charge in [-0.25, -0.2) is 0 Å². The fourth-order valence-electron chi connectivity index (χ4n) is 1.81. The number of para-hydroxylation sites is 1. The highest BCUT2D eigenvalue weighted by Crippen LogP contribution is 2.24. The van der Waals surface area contributed by atoms with E-state index in [9.17, 15) is 4.79 Å². The van der Waals surface area contributed by atoms with Gasteiger partial charge in [-0.1, -0.05) is 18.2 Å². The van der Waals surface area contributed by atoms with E-state index >= 15 is 0 Å². The predicted octanol–water partition coefficient (Wildman–Crippen LogP) is 3.54. The number of furan rings is 1. The molecule has 0 aliphatic rings. The monoisotopic (exact) mass is 323 g/mol. The highest BCUT2D eigenvalue weighted by molar-refractivity contribution is 9.10. The van der Waals surface area contributed by atoms with E-state index in [4.69, 9.17) is 9.15 Å².